The van der Waals surface area contributed by atoms with Crippen LogP contribution in [0.5, 0.6) is 0 Å². The van der Waals surface area contributed by atoms with Crippen molar-refractivity contribution in [2.75, 3.05) is 0 Å². The van der Waals surface area contributed by atoms with E-state index in [4.69, 9.17) is 0 Å². The highest BCUT2D eigenvalue weighted by Gasteiger charge is 2.29. The summed E-state index contributed by atoms with van der Waals surface area (Å²) < 4.78 is 2.13. The molecule has 1 aliphatic rings. The van der Waals surface area contributed by atoms with Gasteiger partial charge in [-0.15, -0.1) is 10.2 Å². The number of hydrogen-bond donors (Lipinski definition) is 1. The Morgan fingerprint density at radius 1 is 1.33 bits per heavy atom. The summed E-state index contributed by atoms with van der Waals surface area (Å²) in [7, 11) is 0. The quantitative estimate of drug-likeness (QED) is 0.745. The van der Waals surface area contributed by atoms with E-state index >= 15 is 0 Å². The van der Waals surface area contributed by atoms with E-state index in [1.807, 2.05) is 12.1 Å². The number of carbonyl (C=O) groups excluding carboxylic acids is 1. The molecule has 24 heavy (non-hydrogen) atoms. The van der Waals surface area contributed by atoms with Crippen LogP contribution in [0.15, 0.2) is 29.7 Å². The standard InChI is InChI=1S/C17H23N5OS/c1-12(2)10-22-15(9-19-16(23)14-3-4-14)20-21-17(22)24-11-13-5-7-18-8-6-13/h5-8,12,14H,3-4,9-11H2,1-2H3,(H,19,23). The van der Waals surface area contributed by atoms with Gasteiger partial charge >= 0.3 is 0 Å². The van der Waals surface area contributed by atoms with E-state index in [-0.39, 0.29) is 11.8 Å². The molecule has 2 heterocycles. The highest BCUT2D eigenvalue weighted by atomic mass is 32.2. The van der Waals surface area contributed by atoms with Gasteiger partial charge < -0.3 is 9.88 Å². The normalized spacial score (nSPS) is 14.1. The van der Waals surface area contributed by atoms with Crippen molar-refractivity contribution in [2.45, 2.75) is 50.7 Å². The number of nitrogens with one attached hydrogen (secondary N) is 1. The van der Waals surface area contributed by atoms with E-state index in [1.165, 1.54) is 5.56 Å². The van der Waals surface area contributed by atoms with Gasteiger partial charge in [0.2, 0.25) is 5.91 Å². The number of thioether (sulfide) groups is 1. The van der Waals surface area contributed by atoms with Crippen LogP contribution in [0.2, 0.25) is 0 Å². The Bertz CT molecular complexity index is 682. The second-order valence-electron chi connectivity index (χ2n) is 6.54. The van der Waals surface area contributed by atoms with E-state index in [1.54, 1.807) is 24.2 Å². The fraction of sp³-hybridized carbons (Fsp3) is 0.529. The highest BCUT2D eigenvalue weighted by molar-refractivity contribution is 7.98. The molecule has 0 spiro atoms. The molecule has 0 saturated heterocycles. The molecule has 6 nitrogen and oxygen atoms in total. The van der Waals surface area contributed by atoms with Gasteiger partial charge in [-0.3, -0.25) is 9.78 Å². The number of carbonyl (C=O) groups is 1. The largest absolute Gasteiger partial charge is 0.349 e. The average Bonchev–Trinajstić information content (AvgIpc) is 3.36. The van der Waals surface area contributed by atoms with Gasteiger partial charge in [0.15, 0.2) is 11.0 Å². The van der Waals surface area contributed by atoms with Crippen molar-refractivity contribution in [1.82, 2.24) is 25.1 Å². The Kier molecular flexibility index (Phi) is 5.50. The van der Waals surface area contributed by atoms with Gasteiger partial charge in [-0.2, -0.15) is 0 Å². The lowest BCUT2D eigenvalue weighted by Gasteiger charge is -2.13. The van der Waals surface area contributed by atoms with Crippen LogP contribution in [0, 0.1) is 11.8 Å². The SMILES string of the molecule is CC(C)Cn1c(CNC(=O)C2CC2)nnc1SCc1ccncc1. The van der Waals surface area contributed by atoms with E-state index in [9.17, 15) is 4.79 Å². The molecule has 2 aromatic heterocycles. The Balaban J connectivity index is 1.66. The van der Waals surface area contributed by atoms with Crippen LogP contribution in [0.4, 0.5) is 0 Å². The van der Waals surface area contributed by atoms with Crippen molar-refractivity contribution in [3.8, 4) is 0 Å². The van der Waals surface area contributed by atoms with Crippen molar-refractivity contribution >= 4 is 17.7 Å². The number of amides is 1. The summed E-state index contributed by atoms with van der Waals surface area (Å²) >= 11 is 1.66. The van der Waals surface area contributed by atoms with E-state index in [2.05, 4.69) is 38.9 Å². The van der Waals surface area contributed by atoms with Crippen molar-refractivity contribution in [3.05, 3.63) is 35.9 Å². The summed E-state index contributed by atoms with van der Waals surface area (Å²) in [6.07, 6.45) is 5.62. The third-order valence-corrected chi connectivity index (χ3v) is 4.87. The lowest BCUT2D eigenvalue weighted by Crippen LogP contribution is -2.26. The third kappa shape index (κ3) is 4.56. The monoisotopic (exact) mass is 345 g/mol. The first-order chi connectivity index (χ1) is 11.6. The molecule has 128 valence electrons. The Labute approximate surface area is 146 Å². The molecule has 1 fully saturated rings. The molecule has 0 unspecified atom stereocenters. The zero-order valence-electron chi connectivity index (χ0n) is 14.1. The molecule has 2 aromatic rings. The smallest absolute Gasteiger partial charge is 0.223 e. The fourth-order valence-corrected chi connectivity index (χ4v) is 3.31. The maximum atomic E-state index is 11.8. The van der Waals surface area contributed by atoms with E-state index in [0.717, 1.165) is 36.1 Å². The molecule has 1 N–H and O–H groups in total. The first-order valence-corrected chi connectivity index (χ1v) is 9.33. The first-order valence-electron chi connectivity index (χ1n) is 8.35. The second kappa shape index (κ2) is 7.79. The number of nitrogens with zero attached hydrogens (tertiary/aromatic N) is 4. The molecule has 0 radical (unpaired) electrons. The van der Waals surface area contributed by atoms with Gasteiger partial charge in [-0.05, 0) is 36.5 Å². The van der Waals surface area contributed by atoms with Crippen LogP contribution in [0.1, 0.15) is 38.1 Å². The minimum absolute atomic E-state index is 0.139. The minimum Gasteiger partial charge on any atom is -0.349 e. The molecular formula is C17H23N5OS. The van der Waals surface area contributed by atoms with Crippen LogP contribution < -0.4 is 5.32 Å². The predicted octanol–water partition coefficient (Wildman–Crippen LogP) is 2.65. The molecular weight excluding hydrogens is 322 g/mol. The summed E-state index contributed by atoms with van der Waals surface area (Å²) in [6, 6.07) is 4.01. The van der Waals surface area contributed by atoms with Crippen LogP contribution in [0.25, 0.3) is 0 Å². The van der Waals surface area contributed by atoms with Crippen molar-refractivity contribution in [2.24, 2.45) is 11.8 Å². The van der Waals surface area contributed by atoms with Gasteiger partial charge in [0, 0.05) is 30.6 Å². The molecule has 3 rings (SSSR count). The van der Waals surface area contributed by atoms with Gasteiger partial charge in [-0.1, -0.05) is 25.6 Å². The van der Waals surface area contributed by atoms with Gasteiger partial charge in [0.1, 0.15) is 0 Å². The Hall–Kier alpha value is -1.89. The van der Waals surface area contributed by atoms with Crippen molar-refractivity contribution in [1.29, 1.82) is 0 Å². The predicted molar refractivity (Wildman–Crippen MR) is 93.2 cm³/mol. The number of hydrogen-bond acceptors (Lipinski definition) is 5. The summed E-state index contributed by atoms with van der Waals surface area (Å²) in [5, 5.41) is 12.5. The number of pyridine rings is 1. The molecule has 1 amide bonds. The summed E-state index contributed by atoms with van der Waals surface area (Å²) in [5.74, 6) is 2.49. The fourth-order valence-electron chi connectivity index (χ4n) is 2.39. The lowest BCUT2D eigenvalue weighted by atomic mass is 10.2. The molecule has 0 aromatic carbocycles. The molecule has 0 atom stereocenters. The Morgan fingerprint density at radius 2 is 2.08 bits per heavy atom. The molecule has 1 saturated carbocycles. The third-order valence-electron chi connectivity index (χ3n) is 3.83. The summed E-state index contributed by atoms with van der Waals surface area (Å²) in [6.45, 7) is 5.64. The summed E-state index contributed by atoms with van der Waals surface area (Å²) in [5.41, 5.74) is 1.21. The first kappa shape index (κ1) is 17.0. The van der Waals surface area contributed by atoms with Crippen LogP contribution >= 0.6 is 11.8 Å². The van der Waals surface area contributed by atoms with Gasteiger partial charge in [0.25, 0.3) is 0 Å². The van der Waals surface area contributed by atoms with Gasteiger partial charge in [-0.25, -0.2) is 0 Å². The van der Waals surface area contributed by atoms with E-state index in [0.29, 0.717) is 12.5 Å². The molecule has 0 bridgehead atoms. The zero-order valence-corrected chi connectivity index (χ0v) is 14.9. The zero-order chi connectivity index (χ0) is 16.9. The maximum absolute atomic E-state index is 11.8. The van der Waals surface area contributed by atoms with Crippen LogP contribution in [-0.2, 0) is 23.6 Å². The van der Waals surface area contributed by atoms with Crippen molar-refractivity contribution in [3.63, 3.8) is 0 Å². The Morgan fingerprint density at radius 3 is 2.75 bits per heavy atom. The van der Waals surface area contributed by atoms with Gasteiger partial charge in [0.05, 0.1) is 6.54 Å². The van der Waals surface area contributed by atoms with Crippen LogP contribution in [-0.4, -0.2) is 25.7 Å². The second-order valence-corrected chi connectivity index (χ2v) is 7.48. The topological polar surface area (TPSA) is 72.7 Å². The minimum atomic E-state index is 0.139. The maximum Gasteiger partial charge on any atom is 0.223 e. The number of aromatic nitrogens is 4. The summed E-state index contributed by atoms with van der Waals surface area (Å²) in [4.78, 5) is 15.9. The highest BCUT2D eigenvalue weighted by Crippen LogP contribution is 2.29. The van der Waals surface area contributed by atoms with Crippen molar-refractivity contribution < 1.29 is 4.79 Å². The average molecular weight is 345 g/mol. The van der Waals surface area contributed by atoms with Crippen LogP contribution in [0.3, 0.4) is 0 Å². The lowest BCUT2D eigenvalue weighted by molar-refractivity contribution is -0.122. The molecule has 0 aliphatic heterocycles. The molecule has 1 aliphatic carbocycles. The molecule has 7 heteroatoms. The van der Waals surface area contributed by atoms with E-state index < -0.39 is 0 Å². The number of rotatable bonds is 8.